The van der Waals surface area contributed by atoms with Crippen LogP contribution in [-0.2, 0) is 24.3 Å². The van der Waals surface area contributed by atoms with Crippen molar-refractivity contribution in [3.8, 4) is 40.0 Å². The van der Waals surface area contributed by atoms with Gasteiger partial charge in [0.1, 0.15) is 36.1 Å². The van der Waals surface area contributed by atoms with Gasteiger partial charge < -0.3 is 28.3 Å². The van der Waals surface area contributed by atoms with Gasteiger partial charge in [-0.3, -0.25) is 9.59 Å². The van der Waals surface area contributed by atoms with Crippen LogP contribution in [0.2, 0.25) is 0 Å². The number of aromatic amines is 1. The van der Waals surface area contributed by atoms with Gasteiger partial charge in [0.25, 0.3) is 5.56 Å². The van der Waals surface area contributed by atoms with Crippen molar-refractivity contribution >= 4 is 21.9 Å². The van der Waals surface area contributed by atoms with Gasteiger partial charge in [0, 0.05) is 17.3 Å². The van der Waals surface area contributed by atoms with Crippen LogP contribution in [-0.4, -0.2) is 51.4 Å². The Bertz CT molecular complexity index is 2690. The molecule has 3 heterocycles. The summed E-state index contributed by atoms with van der Waals surface area (Å²) in [6, 6.07) is 39.0. The smallest absolute Gasteiger partial charge is 0.259 e. The predicted octanol–water partition coefficient (Wildman–Crippen LogP) is 7.64. The first-order valence-corrected chi connectivity index (χ1v) is 18.7. The molecule has 12 heteroatoms. The number of fused-ring (bicyclic) bond motifs is 2. The van der Waals surface area contributed by atoms with Gasteiger partial charge in [-0.25, -0.2) is 9.67 Å². The number of nitrogens with one attached hydrogen (secondary N) is 1. The fourth-order valence-electron chi connectivity index (χ4n) is 6.29. The Hall–Kier alpha value is -7.05. The lowest BCUT2D eigenvalue weighted by Crippen LogP contribution is -2.12. The van der Waals surface area contributed by atoms with Crippen molar-refractivity contribution in [3.63, 3.8) is 0 Å². The van der Waals surface area contributed by atoms with E-state index >= 15 is 0 Å². The maximum atomic E-state index is 13.5. The predicted molar refractivity (Wildman–Crippen MR) is 217 cm³/mol. The largest absolute Gasteiger partial charge is 0.494 e. The van der Waals surface area contributed by atoms with Gasteiger partial charge in [-0.15, -0.1) is 5.10 Å². The molecule has 8 aromatic rings. The molecule has 0 aliphatic carbocycles. The van der Waals surface area contributed by atoms with Crippen LogP contribution >= 0.6 is 0 Å². The van der Waals surface area contributed by atoms with Crippen molar-refractivity contribution in [1.29, 1.82) is 0 Å². The van der Waals surface area contributed by atoms with Gasteiger partial charge in [0.15, 0.2) is 5.76 Å². The van der Waals surface area contributed by atoms with Crippen molar-refractivity contribution in [2.24, 2.45) is 0 Å². The summed E-state index contributed by atoms with van der Waals surface area (Å²) in [6.07, 6.45) is 3.42. The Morgan fingerprint density at radius 3 is 2.18 bits per heavy atom. The zero-order valence-corrected chi connectivity index (χ0v) is 31.0. The molecule has 3 aromatic heterocycles. The molecule has 57 heavy (non-hydrogen) atoms. The van der Waals surface area contributed by atoms with Gasteiger partial charge in [-0.1, -0.05) is 59.8 Å². The molecular formula is C45H39N5O7. The standard InChI is InChI=1S/C45H39N5O7/c51-41-38-13-5-7-15-40(38)57-42(43(41)56-30-31-9-2-1-3-10-31)32-16-20-36(21-17-32)55-28-27-53-26-24-50-29-34(48-49-50)11-8-25-54-35-22-18-33(19-23-35)44-46-39-14-6-4-12-37(39)45(52)47-44/h1-7,9-10,12-23,29H,8,11,24-28,30H2,(H,46,47,52). The summed E-state index contributed by atoms with van der Waals surface area (Å²) in [4.78, 5) is 33.3. The Morgan fingerprint density at radius 1 is 0.667 bits per heavy atom. The molecule has 0 atom stereocenters. The average molecular weight is 762 g/mol. The van der Waals surface area contributed by atoms with E-state index in [9.17, 15) is 9.59 Å². The molecule has 0 saturated carbocycles. The molecule has 8 rings (SSSR count). The summed E-state index contributed by atoms with van der Waals surface area (Å²) >= 11 is 0. The molecule has 286 valence electrons. The highest BCUT2D eigenvalue weighted by Crippen LogP contribution is 2.32. The van der Waals surface area contributed by atoms with Crippen LogP contribution in [0.15, 0.2) is 148 Å². The molecule has 5 aromatic carbocycles. The monoisotopic (exact) mass is 761 g/mol. The second-order valence-electron chi connectivity index (χ2n) is 13.2. The van der Waals surface area contributed by atoms with Crippen molar-refractivity contribution in [1.82, 2.24) is 25.0 Å². The third-order valence-electron chi connectivity index (χ3n) is 9.23. The Kier molecular flexibility index (Phi) is 11.4. The fourth-order valence-corrected chi connectivity index (χ4v) is 6.29. The zero-order valence-electron chi connectivity index (χ0n) is 31.0. The third-order valence-corrected chi connectivity index (χ3v) is 9.23. The van der Waals surface area contributed by atoms with Crippen LogP contribution < -0.4 is 25.2 Å². The Balaban J connectivity index is 0.753. The number of aryl methyl sites for hydroxylation is 1. The lowest BCUT2D eigenvalue weighted by molar-refractivity contribution is 0.0923. The number of benzene rings is 5. The molecule has 0 aliphatic heterocycles. The maximum absolute atomic E-state index is 13.5. The van der Waals surface area contributed by atoms with Crippen LogP contribution in [0.3, 0.4) is 0 Å². The summed E-state index contributed by atoms with van der Waals surface area (Å²) in [5, 5.41) is 9.52. The highest BCUT2D eigenvalue weighted by molar-refractivity contribution is 5.82. The van der Waals surface area contributed by atoms with E-state index in [-0.39, 0.29) is 23.3 Å². The fraction of sp³-hybridized carbons (Fsp3) is 0.178. The van der Waals surface area contributed by atoms with E-state index in [4.69, 9.17) is 23.4 Å². The minimum atomic E-state index is -0.219. The number of nitrogens with zero attached hydrogens (tertiary/aromatic N) is 4. The van der Waals surface area contributed by atoms with Gasteiger partial charge in [-0.2, -0.15) is 0 Å². The number of rotatable bonds is 17. The van der Waals surface area contributed by atoms with Crippen molar-refractivity contribution < 1.29 is 23.4 Å². The molecule has 12 nitrogen and oxygen atoms in total. The number of para-hydroxylation sites is 2. The van der Waals surface area contributed by atoms with Crippen LogP contribution in [0.4, 0.5) is 0 Å². The van der Waals surface area contributed by atoms with Gasteiger partial charge in [0.05, 0.1) is 48.3 Å². The first-order valence-electron chi connectivity index (χ1n) is 18.7. The first-order chi connectivity index (χ1) is 28.1. The third kappa shape index (κ3) is 9.09. The molecule has 0 amide bonds. The number of aromatic nitrogens is 5. The summed E-state index contributed by atoms with van der Waals surface area (Å²) in [5.74, 6) is 2.45. The second kappa shape index (κ2) is 17.6. The van der Waals surface area contributed by atoms with E-state index in [1.807, 2.05) is 109 Å². The van der Waals surface area contributed by atoms with Crippen LogP contribution in [0, 0.1) is 0 Å². The second-order valence-corrected chi connectivity index (χ2v) is 13.2. The Labute approximate surface area is 327 Å². The van der Waals surface area contributed by atoms with Gasteiger partial charge >= 0.3 is 0 Å². The maximum Gasteiger partial charge on any atom is 0.259 e. The number of hydrogen-bond acceptors (Lipinski definition) is 10. The lowest BCUT2D eigenvalue weighted by atomic mass is 10.1. The summed E-state index contributed by atoms with van der Waals surface area (Å²) < 4.78 is 31.7. The van der Waals surface area contributed by atoms with Gasteiger partial charge in [-0.05, 0) is 91.2 Å². The van der Waals surface area contributed by atoms with Gasteiger partial charge in [0.2, 0.25) is 11.2 Å². The zero-order chi connectivity index (χ0) is 38.8. The van der Waals surface area contributed by atoms with E-state index < -0.39 is 0 Å². The molecule has 0 fully saturated rings. The molecule has 0 aliphatic rings. The van der Waals surface area contributed by atoms with Crippen LogP contribution in [0.5, 0.6) is 17.2 Å². The average Bonchev–Trinajstić information content (AvgIpc) is 3.71. The van der Waals surface area contributed by atoms with E-state index in [0.29, 0.717) is 77.7 Å². The number of ether oxygens (including phenoxy) is 4. The van der Waals surface area contributed by atoms with Crippen LogP contribution in [0.25, 0.3) is 44.6 Å². The number of H-pyrrole nitrogens is 1. The summed E-state index contributed by atoms with van der Waals surface area (Å²) in [5.41, 5.74) is 4.10. The SMILES string of the molecule is O=c1[nH]c(-c2ccc(OCCCc3cn(CCOCCOc4ccc(-c5oc6ccccc6c(=O)c5OCc5ccccc5)cc4)nn3)cc2)nc2ccccc12. The minimum absolute atomic E-state index is 0.164. The Morgan fingerprint density at radius 2 is 1.37 bits per heavy atom. The lowest BCUT2D eigenvalue weighted by Gasteiger charge is -2.12. The highest BCUT2D eigenvalue weighted by Gasteiger charge is 2.18. The molecule has 0 bridgehead atoms. The molecule has 1 N–H and O–H groups in total. The van der Waals surface area contributed by atoms with E-state index in [0.717, 1.165) is 35.4 Å². The normalized spacial score (nSPS) is 11.2. The van der Waals surface area contributed by atoms with E-state index in [1.165, 1.54) is 0 Å². The van der Waals surface area contributed by atoms with Crippen LogP contribution in [0.1, 0.15) is 17.7 Å². The van der Waals surface area contributed by atoms with Crippen molar-refractivity contribution in [3.05, 3.63) is 165 Å². The van der Waals surface area contributed by atoms with E-state index in [1.54, 1.807) is 28.9 Å². The number of hydrogen-bond donors (Lipinski definition) is 1. The quantitative estimate of drug-likeness (QED) is 0.0920. The van der Waals surface area contributed by atoms with Crippen molar-refractivity contribution in [2.45, 2.75) is 26.0 Å². The molecule has 0 unspecified atom stereocenters. The molecular weight excluding hydrogens is 723 g/mol. The van der Waals surface area contributed by atoms with Crippen molar-refractivity contribution in [2.75, 3.05) is 26.4 Å². The first kappa shape index (κ1) is 36.9. The van der Waals surface area contributed by atoms with E-state index in [2.05, 4.69) is 20.3 Å². The minimum Gasteiger partial charge on any atom is -0.494 e. The molecule has 0 spiro atoms. The highest BCUT2D eigenvalue weighted by atomic mass is 16.5. The topological polar surface area (TPSA) is 144 Å². The summed E-state index contributed by atoms with van der Waals surface area (Å²) in [7, 11) is 0. The molecule has 0 saturated heterocycles. The summed E-state index contributed by atoms with van der Waals surface area (Å²) in [6.45, 7) is 2.54. The molecule has 0 radical (unpaired) electrons.